The van der Waals surface area contributed by atoms with Crippen molar-refractivity contribution in [1.29, 1.82) is 0 Å². The number of ether oxygens (including phenoxy) is 2. The number of halogens is 1. The van der Waals surface area contributed by atoms with Gasteiger partial charge in [-0.05, 0) is 54.4 Å². The molecular weight excluding hydrogens is 516 g/mol. The number of benzene rings is 3. The number of carbonyl (C=O) groups is 3. The van der Waals surface area contributed by atoms with Crippen LogP contribution < -0.4 is 20.2 Å². The first-order valence-corrected chi connectivity index (χ1v) is 11.7. The van der Waals surface area contributed by atoms with E-state index in [1.165, 1.54) is 43.7 Å². The van der Waals surface area contributed by atoms with E-state index >= 15 is 0 Å². The van der Waals surface area contributed by atoms with Crippen molar-refractivity contribution in [3.8, 4) is 11.5 Å². The minimum atomic E-state index is -0.713. The predicted molar refractivity (Wildman–Crippen MR) is 140 cm³/mol. The van der Waals surface area contributed by atoms with Gasteiger partial charge in [0.25, 0.3) is 11.6 Å². The highest BCUT2D eigenvalue weighted by atomic mass is 35.5. The Hall–Kier alpha value is -4.77. The van der Waals surface area contributed by atoms with Crippen LogP contribution in [-0.2, 0) is 4.79 Å². The van der Waals surface area contributed by atoms with E-state index in [0.29, 0.717) is 29.1 Å². The highest BCUT2D eigenvalue weighted by molar-refractivity contribution is 6.33. The summed E-state index contributed by atoms with van der Waals surface area (Å²) in [6.07, 6.45) is 1.93. The van der Waals surface area contributed by atoms with Crippen molar-refractivity contribution in [2.75, 3.05) is 13.7 Å². The van der Waals surface area contributed by atoms with Gasteiger partial charge < -0.3 is 14.8 Å². The smallest absolute Gasteiger partial charge is 0.343 e. The fraction of sp³-hybridized carbons (Fsp3) is 0.154. The number of non-ortho nitro benzene ring substituents is 1. The van der Waals surface area contributed by atoms with Crippen LogP contribution in [0.4, 0.5) is 5.69 Å². The first-order valence-electron chi connectivity index (χ1n) is 11.3. The Kier molecular flexibility index (Phi) is 9.89. The summed E-state index contributed by atoms with van der Waals surface area (Å²) in [7, 11) is 1.39. The maximum Gasteiger partial charge on any atom is 0.343 e. The van der Waals surface area contributed by atoms with Gasteiger partial charge in [0.2, 0.25) is 5.91 Å². The second-order valence-corrected chi connectivity index (χ2v) is 8.14. The first kappa shape index (κ1) is 27.8. The molecule has 0 radical (unpaired) electrons. The zero-order valence-electron chi connectivity index (χ0n) is 20.2. The van der Waals surface area contributed by atoms with E-state index in [-0.39, 0.29) is 41.0 Å². The van der Waals surface area contributed by atoms with Crippen LogP contribution in [0.3, 0.4) is 0 Å². The third kappa shape index (κ3) is 7.87. The van der Waals surface area contributed by atoms with E-state index < -0.39 is 10.9 Å². The molecule has 0 fully saturated rings. The molecule has 0 bridgehead atoms. The molecule has 0 atom stereocenters. The van der Waals surface area contributed by atoms with Crippen LogP contribution in [0.1, 0.15) is 39.1 Å². The zero-order chi connectivity index (χ0) is 27.5. The number of esters is 1. The van der Waals surface area contributed by atoms with Crippen LogP contribution in [0.5, 0.6) is 11.5 Å². The Morgan fingerprint density at radius 3 is 2.47 bits per heavy atom. The van der Waals surface area contributed by atoms with Crippen molar-refractivity contribution in [2.24, 2.45) is 5.10 Å². The normalized spacial score (nSPS) is 10.6. The van der Waals surface area contributed by atoms with Crippen molar-refractivity contribution >= 4 is 41.3 Å². The number of nitro benzene ring substituents is 1. The maximum absolute atomic E-state index is 12.4. The monoisotopic (exact) mass is 538 g/mol. The molecule has 0 aliphatic carbocycles. The summed E-state index contributed by atoms with van der Waals surface area (Å²) in [5, 5.41) is 17.7. The SMILES string of the molecule is COc1cc(/C=N/NC(=O)CCCNC(=O)c2ccccc2Cl)ccc1OC(=O)c1ccc([N+](=O)[O-])cc1. The van der Waals surface area contributed by atoms with Gasteiger partial charge >= 0.3 is 5.97 Å². The molecule has 12 heteroatoms. The molecule has 3 rings (SSSR count). The Balaban J connectivity index is 1.47. The van der Waals surface area contributed by atoms with Gasteiger partial charge in [-0.1, -0.05) is 23.7 Å². The van der Waals surface area contributed by atoms with Gasteiger partial charge in [0.1, 0.15) is 0 Å². The predicted octanol–water partition coefficient (Wildman–Crippen LogP) is 4.14. The molecule has 0 aliphatic rings. The highest BCUT2D eigenvalue weighted by Gasteiger charge is 2.15. The lowest BCUT2D eigenvalue weighted by Crippen LogP contribution is -2.26. The molecule has 0 saturated carbocycles. The van der Waals surface area contributed by atoms with Crippen LogP contribution in [0.15, 0.2) is 71.8 Å². The number of hydrazone groups is 1. The summed E-state index contributed by atoms with van der Waals surface area (Å²) in [5.41, 5.74) is 3.32. The number of rotatable bonds is 11. The number of methoxy groups -OCH3 is 1. The number of nitro groups is 1. The number of hydrogen-bond donors (Lipinski definition) is 2. The van der Waals surface area contributed by atoms with E-state index in [0.717, 1.165) is 0 Å². The molecule has 0 unspecified atom stereocenters. The fourth-order valence-corrected chi connectivity index (χ4v) is 3.37. The minimum Gasteiger partial charge on any atom is -0.493 e. The summed E-state index contributed by atoms with van der Waals surface area (Å²) < 4.78 is 10.6. The third-order valence-corrected chi connectivity index (χ3v) is 5.42. The van der Waals surface area contributed by atoms with Crippen LogP contribution >= 0.6 is 11.6 Å². The Labute approximate surface area is 222 Å². The number of amides is 2. The third-order valence-electron chi connectivity index (χ3n) is 5.09. The standard InChI is InChI=1S/C26H23ClN4O7/c1-37-23-15-17(8-13-22(23)38-26(34)18-9-11-19(12-10-18)31(35)36)16-29-30-24(32)7-4-14-28-25(33)20-5-2-3-6-21(20)27/h2-3,5-6,8-13,15-16H,4,7,14H2,1H3,(H,28,33)(H,30,32)/b29-16+. The number of nitrogens with one attached hydrogen (secondary N) is 2. The fourth-order valence-electron chi connectivity index (χ4n) is 3.15. The van der Waals surface area contributed by atoms with Gasteiger partial charge in [-0.2, -0.15) is 5.10 Å². The molecule has 2 amide bonds. The highest BCUT2D eigenvalue weighted by Crippen LogP contribution is 2.28. The van der Waals surface area contributed by atoms with Crippen molar-refractivity contribution < 1.29 is 28.8 Å². The quantitative estimate of drug-likeness (QED) is 0.0930. The number of hydrogen-bond acceptors (Lipinski definition) is 8. The van der Waals surface area contributed by atoms with Gasteiger partial charge in [0.15, 0.2) is 11.5 Å². The van der Waals surface area contributed by atoms with Crippen LogP contribution in [0, 0.1) is 10.1 Å². The largest absolute Gasteiger partial charge is 0.493 e. The second-order valence-electron chi connectivity index (χ2n) is 7.74. The van der Waals surface area contributed by atoms with Crippen molar-refractivity contribution in [2.45, 2.75) is 12.8 Å². The summed E-state index contributed by atoms with van der Waals surface area (Å²) >= 11 is 5.99. The van der Waals surface area contributed by atoms with E-state index in [4.69, 9.17) is 21.1 Å². The molecule has 0 aliphatic heterocycles. The average molecular weight is 539 g/mol. The lowest BCUT2D eigenvalue weighted by molar-refractivity contribution is -0.384. The first-order chi connectivity index (χ1) is 18.3. The van der Waals surface area contributed by atoms with Crippen molar-refractivity contribution in [3.63, 3.8) is 0 Å². The molecule has 3 aromatic carbocycles. The summed E-state index contributed by atoms with van der Waals surface area (Å²) in [6.45, 7) is 0.290. The molecule has 2 N–H and O–H groups in total. The van der Waals surface area contributed by atoms with Crippen LogP contribution in [-0.4, -0.2) is 42.6 Å². The van der Waals surface area contributed by atoms with E-state index in [1.807, 2.05) is 0 Å². The minimum absolute atomic E-state index is 0.134. The van der Waals surface area contributed by atoms with Gasteiger partial charge in [0, 0.05) is 25.1 Å². The van der Waals surface area contributed by atoms with Gasteiger partial charge in [0.05, 0.1) is 34.4 Å². The molecule has 38 heavy (non-hydrogen) atoms. The van der Waals surface area contributed by atoms with Crippen LogP contribution in [0.2, 0.25) is 5.02 Å². The molecule has 0 aromatic heterocycles. The summed E-state index contributed by atoms with van der Waals surface area (Å²) in [6, 6.07) is 16.3. The Morgan fingerprint density at radius 1 is 1.05 bits per heavy atom. The van der Waals surface area contributed by atoms with E-state index in [1.54, 1.807) is 36.4 Å². The average Bonchev–Trinajstić information content (AvgIpc) is 2.92. The van der Waals surface area contributed by atoms with Gasteiger partial charge in [-0.3, -0.25) is 19.7 Å². The molecule has 0 heterocycles. The lowest BCUT2D eigenvalue weighted by atomic mass is 10.2. The molecular formula is C26H23ClN4O7. The van der Waals surface area contributed by atoms with Crippen LogP contribution in [0.25, 0.3) is 0 Å². The second kappa shape index (κ2) is 13.5. The van der Waals surface area contributed by atoms with E-state index in [2.05, 4.69) is 15.8 Å². The molecule has 0 saturated heterocycles. The lowest BCUT2D eigenvalue weighted by Gasteiger charge is -2.10. The van der Waals surface area contributed by atoms with Crippen molar-refractivity contribution in [3.05, 3.63) is 98.6 Å². The van der Waals surface area contributed by atoms with Gasteiger partial charge in [-0.25, -0.2) is 10.2 Å². The van der Waals surface area contributed by atoms with Crippen molar-refractivity contribution in [1.82, 2.24) is 10.7 Å². The zero-order valence-corrected chi connectivity index (χ0v) is 20.9. The van der Waals surface area contributed by atoms with Gasteiger partial charge in [-0.15, -0.1) is 0 Å². The number of carbonyl (C=O) groups excluding carboxylic acids is 3. The summed E-state index contributed by atoms with van der Waals surface area (Å²) in [4.78, 5) is 46.7. The molecule has 3 aromatic rings. The number of nitrogens with zero attached hydrogens (tertiary/aromatic N) is 2. The Morgan fingerprint density at radius 2 is 1.79 bits per heavy atom. The summed E-state index contributed by atoms with van der Waals surface area (Å²) in [5.74, 6) is -0.991. The maximum atomic E-state index is 12.4. The topological polar surface area (TPSA) is 149 Å². The Bertz CT molecular complexity index is 1360. The molecule has 11 nitrogen and oxygen atoms in total. The molecule has 196 valence electrons. The molecule has 0 spiro atoms. The van der Waals surface area contributed by atoms with E-state index in [9.17, 15) is 24.5 Å².